The van der Waals surface area contributed by atoms with Crippen molar-refractivity contribution in [1.82, 2.24) is 10.2 Å². The first-order valence-electron chi connectivity index (χ1n) is 8.43. The van der Waals surface area contributed by atoms with E-state index in [1.807, 2.05) is 0 Å². The predicted octanol–water partition coefficient (Wildman–Crippen LogP) is 3.64. The number of rotatable bonds is 8. The molecule has 20 heavy (non-hydrogen) atoms. The zero-order valence-electron chi connectivity index (χ0n) is 14.3. The van der Waals surface area contributed by atoms with Crippen LogP contribution in [0.1, 0.15) is 67.2 Å². The van der Waals surface area contributed by atoms with Gasteiger partial charge in [0, 0.05) is 6.54 Å². The topological polar surface area (TPSA) is 32.3 Å². The van der Waals surface area contributed by atoms with Crippen LogP contribution in [0.5, 0.6) is 0 Å². The third-order valence-electron chi connectivity index (χ3n) is 4.51. The van der Waals surface area contributed by atoms with Gasteiger partial charge in [0.1, 0.15) is 0 Å². The van der Waals surface area contributed by atoms with Crippen LogP contribution >= 0.6 is 0 Å². The third-order valence-corrected chi connectivity index (χ3v) is 4.51. The molecule has 1 N–H and O–H groups in total. The smallest absolute Gasteiger partial charge is 0.241 e. The van der Waals surface area contributed by atoms with Gasteiger partial charge >= 0.3 is 0 Å². The van der Waals surface area contributed by atoms with Gasteiger partial charge in [0.15, 0.2) is 0 Å². The van der Waals surface area contributed by atoms with Crippen molar-refractivity contribution in [3.8, 4) is 0 Å². The van der Waals surface area contributed by atoms with Gasteiger partial charge in [-0.1, -0.05) is 54.4 Å². The largest absolute Gasteiger partial charge is 0.326 e. The SMILES string of the molecule is CCCCC1NC(CC(C)C)N(CC(C)C(C)C)C1=O. The fourth-order valence-corrected chi connectivity index (χ4v) is 2.74. The molecular weight excluding hydrogens is 248 g/mol. The Morgan fingerprint density at radius 2 is 1.85 bits per heavy atom. The second kappa shape index (κ2) is 8.02. The van der Waals surface area contributed by atoms with Crippen LogP contribution in [0.4, 0.5) is 0 Å². The van der Waals surface area contributed by atoms with E-state index >= 15 is 0 Å². The molecule has 118 valence electrons. The zero-order valence-corrected chi connectivity index (χ0v) is 14.3. The molecule has 0 aromatic carbocycles. The molecule has 0 aromatic rings. The first-order valence-corrected chi connectivity index (χ1v) is 8.43. The number of hydrogen-bond acceptors (Lipinski definition) is 2. The highest BCUT2D eigenvalue weighted by molar-refractivity contribution is 5.84. The zero-order chi connectivity index (χ0) is 15.3. The minimum Gasteiger partial charge on any atom is -0.326 e. The molecule has 1 heterocycles. The lowest BCUT2D eigenvalue weighted by Crippen LogP contribution is -2.41. The van der Waals surface area contributed by atoms with Gasteiger partial charge in [-0.15, -0.1) is 0 Å². The van der Waals surface area contributed by atoms with Crippen molar-refractivity contribution < 1.29 is 4.79 Å². The third kappa shape index (κ3) is 4.76. The molecule has 1 aliphatic heterocycles. The van der Waals surface area contributed by atoms with E-state index in [0.29, 0.717) is 23.7 Å². The lowest BCUT2D eigenvalue weighted by atomic mass is 9.97. The molecule has 0 saturated carbocycles. The van der Waals surface area contributed by atoms with Crippen LogP contribution in [0.15, 0.2) is 0 Å². The van der Waals surface area contributed by atoms with Gasteiger partial charge in [0.2, 0.25) is 5.91 Å². The molecule has 1 aliphatic rings. The summed E-state index contributed by atoms with van der Waals surface area (Å²) in [6.07, 6.45) is 4.56. The van der Waals surface area contributed by atoms with Crippen molar-refractivity contribution in [1.29, 1.82) is 0 Å². The summed E-state index contributed by atoms with van der Waals surface area (Å²) in [6, 6.07) is 0.0538. The minimum atomic E-state index is 0.0538. The van der Waals surface area contributed by atoms with E-state index in [2.05, 4.69) is 51.8 Å². The highest BCUT2D eigenvalue weighted by atomic mass is 16.2. The maximum absolute atomic E-state index is 12.6. The quantitative estimate of drug-likeness (QED) is 0.737. The minimum absolute atomic E-state index is 0.0538. The summed E-state index contributed by atoms with van der Waals surface area (Å²) in [6.45, 7) is 14.3. The highest BCUT2D eigenvalue weighted by Gasteiger charge is 2.38. The molecule has 0 radical (unpaired) electrons. The van der Waals surface area contributed by atoms with Crippen molar-refractivity contribution in [3.63, 3.8) is 0 Å². The Morgan fingerprint density at radius 1 is 1.20 bits per heavy atom. The molecule has 1 fully saturated rings. The van der Waals surface area contributed by atoms with Crippen LogP contribution < -0.4 is 5.32 Å². The number of nitrogens with zero attached hydrogens (tertiary/aromatic N) is 1. The highest BCUT2D eigenvalue weighted by Crippen LogP contribution is 2.23. The molecule has 0 aliphatic carbocycles. The van der Waals surface area contributed by atoms with Crippen LogP contribution in [-0.2, 0) is 4.79 Å². The Hall–Kier alpha value is -0.570. The summed E-state index contributed by atoms with van der Waals surface area (Å²) in [5.74, 6) is 2.12. The van der Waals surface area contributed by atoms with Crippen LogP contribution in [0.2, 0.25) is 0 Å². The molecular formula is C17H34N2O. The number of amides is 1. The fraction of sp³-hybridized carbons (Fsp3) is 0.941. The number of nitrogens with one attached hydrogen (secondary N) is 1. The van der Waals surface area contributed by atoms with Gasteiger partial charge in [0.25, 0.3) is 0 Å². The molecule has 1 amide bonds. The van der Waals surface area contributed by atoms with E-state index in [1.165, 1.54) is 0 Å². The molecule has 3 unspecified atom stereocenters. The summed E-state index contributed by atoms with van der Waals surface area (Å²) in [4.78, 5) is 14.7. The number of hydrogen-bond donors (Lipinski definition) is 1. The maximum atomic E-state index is 12.6. The summed E-state index contributed by atoms with van der Waals surface area (Å²) < 4.78 is 0. The van der Waals surface area contributed by atoms with Crippen molar-refractivity contribution in [2.45, 2.75) is 79.4 Å². The first-order chi connectivity index (χ1) is 9.36. The van der Waals surface area contributed by atoms with E-state index < -0.39 is 0 Å². The first kappa shape index (κ1) is 17.5. The van der Waals surface area contributed by atoms with E-state index in [1.54, 1.807) is 0 Å². The average Bonchev–Trinajstić information content (AvgIpc) is 2.63. The Morgan fingerprint density at radius 3 is 2.35 bits per heavy atom. The standard InChI is InChI=1S/C17H34N2O/c1-7-8-9-15-17(20)19(11-14(6)13(4)5)16(18-15)10-12(2)3/h12-16,18H,7-11H2,1-6H3. The van der Waals surface area contributed by atoms with Crippen LogP contribution in [0.3, 0.4) is 0 Å². The van der Waals surface area contributed by atoms with Crippen LogP contribution in [-0.4, -0.2) is 29.6 Å². The van der Waals surface area contributed by atoms with E-state index in [9.17, 15) is 4.79 Å². The normalized spacial score (nSPS) is 25.0. The maximum Gasteiger partial charge on any atom is 0.241 e. The summed E-state index contributed by atoms with van der Waals surface area (Å²) in [5.41, 5.74) is 0. The van der Waals surface area contributed by atoms with E-state index in [4.69, 9.17) is 0 Å². The Balaban J connectivity index is 2.71. The fourth-order valence-electron chi connectivity index (χ4n) is 2.74. The van der Waals surface area contributed by atoms with Gasteiger partial charge in [-0.3, -0.25) is 10.1 Å². The predicted molar refractivity (Wildman–Crippen MR) is 85.4 cm³/mol. The van der Waals surface area contributed by atoms with Crippen molar-refractivity contribution in [3.05, 3.63) is 0 Å². The van der Waals surface area contributed by atoms with Crippen molar-refractivity contribution in [2.75, 3.05) is 6.54 Å². The molecule has 0 bridgehead atoms. The molecule has 3 heteroatoms. The summed E-state index contributed by atoms with van der Waals surface area (Å²) in [7, 11) is 0. The number of carbonyl (C=O) groups is 1. The molecule has 0 spiro atoms. The Bertz CT molecular complexity index is 301. The van der Waals surface area contributed by atoms with Crippen molar-refractivity contribution >= 4 is 5.91 Å². The Kier molecular flexibility index (Phi) is 7.01. The van der Waals surface area contributed by atoms with Gasteiger partial charge < -0.3 is 4.90 Å². The second-order valence-electron chi connectivity index (χ2n) is 7.22. The summed E-state index contributed by atoms with van der Waals surface area (Å²) >= 11 is 0. The lowest BCUT2D eigenvalue weighted by Gasteiger charge is -2.29. The van der Waals surface area contributed by atoms with E-state index in [-0.39, 0.29) is 12.2 Å². The van der Waals surface area contributed by atoms with Crippen LogP contribution in [0, 0.1) is 17.8 Å². The molecule has 1 rings (SSSR count). The molecule has 0 aromatic heterocycles. The average molecular weight is 282 g/mol. The van der Waals surface area contributed by atoms with E-state index in [0.717, 1.165) is 32.2 Å². The number of unbranched alkanes of at least 4 members (excludes halogenated alkanes) is 1. The number of carbonyl (C=O) groups excluding carboxylic acids is 1. The second-order valence-corrected chi connectivity index (χ2v) is 7.22. The monoisotopic (exact) mass is 282 g/mol. The van der Waals surface area contributed by atoms with Gasteiger partial charge in [0.05, 0.1) is 12.2 Å². The molecule has 3 atom stereocenters. The summed E-state index contributed by atoms with van der Waals surface area (Å²) in [5, 5.41) is 3.58. The van der Waals surface area contributed by atoms with Crippen LogP contribution in [0.25, 0.3) is 0 Å². The molecule has 1 saturated heterocycles. The van der Waals surface area contributed by atoms with Crippen molar-refractivity contribution in [2.24, 2.45) is 17.8 Å². The lowest BCUT2D eigenvalue weighted by molar-refractivity contribution is -0.131. The van der Waals surface area contributed by atoms with Gasteiger partial charge in [-0.25, -0.2) is 0 Å². The van der Waals surface area contributed by atoms with Gasteiger partial charge in [-0.05, 0) is 30.6 Å². The van der Waals surface area contributed by atoms with Gasteiger partial charge in [-0.2, -0.15) is 0 Å². The molecule has 3 nitrogen and oxygen atoms in total. The Labute approximate surface area is 125 Å².